The summed E-state index contributed by atoms with van der Waals surface area (Å²) in [5.41, 5.74) is -0.610. The van der Waals surface area contributed by atoms with Gasteiger partial charge >= 0.3 is 0 Å². The topological polar surface area (TPSA) is 65.9 Å². The van der Waals surface area contributed by atoms with Crippen molar-refractivity contribution in [2.45, 2.75) is 65.2 Å². The van der Waals surface area contributed by atoms with Crippen LogP contribution in [-0.2, 0) is 4.74 Å². The molecule has 1 saturated heterocycles. The van der Waals surface area contributed by atoms with E-state index < -0.39 is 5.60 Å². The minimum atomic E-state index is -0.740. The van der Waals surface area contributed by atoms with Gasteiger partial charge < -0.3 is 20.5 Å². The van der Waals surface area contributed by atoms with Crippen LogP contribution in [-0.4, -0.2) is 48.5 Å². The number of hydrogen-bond acceptors (Lipinski definition) is 3. The molecule has 2 aliphatic rings. The number of aliphatic imine (C=N–C) groups is 1. The number of ether oxygens (including phenoxy) is 1. The van der Waals surface area contributed by atoms with Gasteiger partial charge in [-0.2, -0.15) is 0 Å². The van der Waals surface area contributed by atoms with Crippen LogP contribution in [0.3, 0.4) is 0 Å². The Labute approximate surface area is 128 Å². The highest BCUT2D eigenvalue weighted by Crippen LogP contribution is 2.52. The first-order chi connectivity index (χ1) is 9.81. The Morgan fingerprint density at radius 2 is 2.14 bits per heavy atom. The summed E-state index contributed by atoms with van der Waals surface area (Å²) >= 11 is 0. The summed E-state index contributed by atoms with van der Waals surface area (Å²) in [5.74, 6) is 1.38. The minimum Gasteiger partial charge on any atom is -0.388 e. The van der Waals surface area contributed by atoms with Gasteiger partial charge in [0, 0.05) is 30.5 Å². The number of fused-ring (bicyclic) bond motifs is 1. The Bertz CT molecular complexity index is 393. The molecule has 0 aromatic heterocycles. The van der Waals surface area contributed by atoms with Crippen LogP contribution in [0.4, 0.5) is 0 Å². The largest absolute Gasteiger partial charge is 0.388 e. The fourth-order valence-electron chi connectivity index (χ4n) is 3.45. The standard InChI is InChI=1S/C16H31N3O2/c1-6-16(5,20)10-18-14(17-7-2)19-12-11-8-9-21-13(11)15(12,3)4/h11-13,20H,6-10H2,1-5H3,(H2,17,18,19). The lowest BCUT2D eigenvalue weighted by Gasteiger charge is -2.55. The molecule has 0 aromatic carbocycles. The van der Waals surface area contributed by atoms with E-state index in [9.17, 15) is 5.11 Å². The SMILES string of the molecule is CCNC(=NCC(C)(O)CC)NC1C2CCOC2C1(C)C. The third-order valence-corrected chi connectivity index (χ3v) is 5.08. The third-order valence-electron chi connectivity index (χ3n) is 5.08. The molecule has 5 heteroatoms. The second-order valence-corrected chi connectivity index (χ2v) is 7.23. The number of guanidine groups is 1. The summed E-state index contributed by atoms with van der Waals surface area (Å²) in [5, 5.41) is 17.0. The van der Waals surface area contributed by atoms with Crippen LogP contribution >= 0.6 is 0 Å². The van der Waals surface area contributed by atoms with Crippen LogP contribution < -0.4 is 10.6 Å². The predicted molar refractivity (Wildman–Crippen MR) is 85.4 cm³/mol. The van der Waals surface area contributed by atoms with E-state index in [-0.39, 0.29) is 5.41 Å². The summed E-state index contributed by atoms with van der Waals surface area (Å²) in [4.78, 5) is 4.56. The summed E-state index contributed by atoms with van der Waals surface area (Å²) in [6.07, 6.45) is 2.19. The quantitative estimate of drug-likeness (QED) is 0.532. The van der Waals surface area contributed by atoms with Crippen molar-refractivity contribution in [1.82, 2.24) is 10.6 Å². The van der Waals surface area contributed by atoms with E-state index >= 15 is 0 Å². The van der Waals surface area contributed by atoms with E-state index in [4.69, 9.17) is 4.74 Å². The first-order valence-electron chi connectivity index (χ1n) is 8.20. The van der Waals surface area contributed by atoms with E-state index in [0.29, 0.717) is 31.0 Å². The van der Waals surface area contributed by atoms with Gasteiger partial charge in [0.1, 0.15) is 0 Å². The van der Waals surface area contributed by atoms with Gasteiger partial charge in [-0.05, 0) is 26.7 Å². The average molecular weight is 297 g/mol. The monoisotopic (exact) mass is 297 g/mol. The molecule has 1 aliphatic heterocycles. The fourth-order valence-corrected chi connectivity index (χ4v) is 3.45. The molecule has 4 atom stereocenters. The molecule has 1 heterocycles. The lowest BCUT2D eigenvalue weighted by atomic mass is 9.57. The molecule has 3 N–H and O–H groups in total. The highest BCUT2D eigenvalue weighted by Gasteiger charge is 2.59. The lowest BCUT2D eigenvalue weighted by Crippen LogP contribution is -2.68. The lowest BCUT2D eigenvalue weighted by molar-refractivity contribution is -0.106. The maximum absolute atomic E-state index is 10.1. The molecular weight excluding hydrogens is 266 g/mol. The van der Waals surface area contributed by atoms with E-state index in [1.54, 1.807) is 0 Å². The average Bonchev–Trinajstić information content (AvgIpc) is 2.88. The molecule has 122 valence electrons. The molecular formula is C16H31N3O2. The van der Waals surface area contributed by atoms with Crippen molar-refractivity contribution in [1.29, 1.82) is 0 Å². The highest BCUT2D eigenvalue weighted by atomic mass is 16.5. The summed E-state index contributed by atoms with van der Waals surface area (Å²) in [6, 6.07) is 0.384. The summed E-state index contributed by atoms with van der Waals surface area (Å²) < 4.78 is 5.83. The molecule has 2 fully saturated rings. The van der Waals surface area contributed by atoms with Crippen LogP contribution in [0.1, 0.15) is 47.5 Å². The predicted octanol–water partition coefficient (Wildman–Crippen LogP) is 1.52. The summed E-state index contributed by atoms with van der Waals surface area (Å²) in [6.45, 7) is 12.5. The molecule has 1 saturated carbocycles. The number of hydrogen-bond donors (Lipinski definition) is 3. The Balaban J connectivity index is 2.01. The molecule has 1 aliphatic carbocycles. The summed E-state index contributed by atoms with van der Waals surface area (Å²) in [7, 11) is 0. The van der Waals surface area contributed by atoms with Gasteiger partial charge in [0.2, 0.25) is 0 Å². The van der Waals surface area contributed by atoms with Crippen LogP contribution in [0.2, 0.25) is 0 Å². The molecule has 0 amide bonds. The van der Waals surface area contributed by atoms with Crippen molar-refractivity contribution >= 4 is 5.96 Å². The highest BCUT2D eigenvalue weighted by molar-refractivity contribution is 5.80. The van der Waals surface area contributed by atoms with Gasteiger partial charge in [-0.15, -0.1) is 0 Å². The molecule has 21 heavy (non-hydrogen) atoms. The minimum absolute atomic E-state index is 0.130. The van der Waals surface area contributed by atoms with Crippen LogP contribution in [0.5, 0.6) is 0 Å². The number of aliphatic hydroxyl groups is 1. The Kier molecular flexibility index (Phi) is 4.83. The third kappa shape index (κ3) is 3.34. The van der Waals surface area contributed by atoms with E-state index in [1.165, 1.54) is 0 Å². The Morgan fingerprint density at radius 3 is 2.76 bits per heavy atom. The first-order valence-corrected chi connectivity index (χ1v) is 8.20. The van der Waals surface area contributed by atoms with E-state index in [0.717, 1.165) is 25.5 Å². The second kappa shape index (κ2) is 6.13. The van der Waals surface area contributed by atoms with Crippen molar-refractivity contribution < 1.29 is 9.84 Å². The van der Waals surface area contributed by atoms with Gasteiger partial charge in [-0.3, -0.25) is 4.99 Å². The van der Waals surface area contributed by atoms with Crippen LogP contribution in [0.25, 0.3) is 0 Å². The number of rotatable bonds is 5. The molecule has 0 aromatic rings. The maximum atomic E-state index is 10.1. The van der Waals surface area contributed by atoms with Gasteiger partial charge in [0.05, 0.1) is 18.2 Å². The fraction of sp³-hybridized carbons (Fsp3) is 0.938. The van der Waals surface area contributed by atoms with Crippen molar-refractivity contribution in [2.75, 3.05) is 19.7 Å². The zero-order chi connectivity index (χ0) is 15.7. The van der Waals surface area contributed by atoms with Crippen molar-refractivity contribution in [3.63, 3.8) is 0 Å². The van der Waals surface area contributed by atoms with Gasteiger partial charge in [-0.25, -0.2) is 0 Å². The number of nitrogens with zero attached hydrogens (tertiary/aromatic N) is 1. The van der Waals surface area contributed by atoms with E-state index in [2.05, 4.69) is 36.4 Å². The van der Waals surface area contributed by atoms with Crippen LogP contribution in [0.15, 0.2) is 4.99 Å². The first kappa shape index (κ1) is 16.6. The van der Waals surface area contributed by atoms with Gasteiger partial charge in [0.25, 0.3) is 0 Å². The molecule has 4 unspecified atom stereocenters. The van der Waals surface area contributed by atoms with Crippen molar-refractivity contribution in [3.05, 3.63) is 0 Å². The van der Waals surface area contributed by atoms with Crippen molar-refractivity contribution in [3.8, 4) is 0 Å². The van der Waals surface area contributed by atoms with Gasteiger partial charge in [0.15, 0.2) is 5.96 Å². The Hall–Kier alpha value is -0.810. The molecule has 0 radical (unpaired) electrons. The molecule has 5 nitrogen and oxygen atoms in total. The van der Waals surface area contributed by atoms with Crippen LogP contribution in [0, 0.1) is 11.3 Å². The normalized spacial score (nSPS) is 33.8. The second-order valence-electron chi connectivity index (χ2n) is 7.23. The van der Waals surface area contributed by atoms with Crippen molar-refractivity contribution in [2.24, 2.45) is 16.3 Å². The molecule has 0 spiro atoms. The Morgan fingerprint density at radius 1 is 1.43 bits per heavy atom. The number of nitrogens with one attached hydrogen (secondary N) is 2. The molecule has 2 rings (SSSR count). The smallest absolute Gasteiger partial charge is 0.191 e. The van der Waals surface area contributed by atoms with E-state index in [1.807, 2.05) is 13.8 Å². The molecule has 0 bridgehead atoms. The zero-order valence-electron chi connectivity index (χ0n) is 14.1. The van der Waals surface area contributed by atoms with Gasteiger partial charge in [-0.1, -0.05) is 20.8 Å². The maximum Gasteiger partial charge on any atom is 0.191 e. The zero-order valence-corrected chi connectivity index (χ0v) is 14.1.